The summed E-state index contributed by atoms with van der Waals surface area (Å²) in [6, 6.07) is 0. The van der Waals surface area contributed by atoms with Crippen LogP contribution in [0.2, 0.25) is 0 Å². The fourth-order valence-electron chi connectivity index (χ4n) is 0.331. The summed E-state index contributed by atoms with van der Waals surface area (Å²) in [7, 11) is 0. The minimum atomic E-state index is -1.05. The van der Waals surface area contributed by atoms with E-state index >= 15 is 0 Å². The summed E-state index contributed by atoms with van der Waals surface area (Å²) < 4.78 is 0. The number of carboxylic acids is 1. The smallest absolute Gasteiger partial charge is 0.381 e. The molecule has 0 aliphatic carbocycles. The second-order valence-corrected chi connectivity index (χ2v) is 2.20. The molecule has 1 N–H and O–H groups in total. The third-order valence-electron chi connectivity index (χ3n) is 0.706. The molecule has 0 bridgehead atoms. The molecule has 0 atom stereocenters. The van der Waals surface area contributed by atoms with Crippen molar-refractivity contribution in [3.05, 3.63) is 0 Å². The van der Waals surface area contributed by atoms with Crippen molar-refractivity contribution in [1.29, 1.82) is 0 Å². The first-order chi connectivity index (χ1) is 4.13. The zero-order chi connectivity index (χ0) is 7.28. The van der Waals surface area contributed by atoms with Crippen molar-refractivity contribution in [2.45, 2.75) is 20.3 Å². The van der Waals surface area contributed by atoms with Gasteiger partial charge < -0.3 is 5.11 Å². The van der Waals surface area contributed by atoms with Crippen molar-refractivity contribution >= 4 is 5.97 Å². The molecule has 0 aromatic carbocycles. The van der Waals surface area contributed by atoms with Crippen LogP contribution in [0, 0.1) is 17.8 Å². The average molecular weight is 126 g/mol. The minimum Gasteiger partial charge on any atom is -0.472 e. The van der Waals surface area contributed by atoms with E-state index in [1.54, 1.807) is 0 Å². The minimum absolute atomic E-state index is 0.455. The molecular formula is C7H10O2. The van der Waals surface area contributed by atoms with Crippen molar-refractivity contribution in [3.63, 3.8) is 0 Å². The molecule has 0 spiro atoms. The SMILES string of the molecule is CC(C)CC#CC(=O)O. The quantitative estimate of drug-likeness (QED) is 0.534. The first kappa shape index (κ1) is 8.03. The summed E-state index contributed by atoms with van der Waals surface area (Å²) in [4.78, 5) is 9.81. The number of aliphatic carboxylic acids is 1. The van der Waals surface area contributed by atoms with Crippen LogP contribution in [0.25, 0.3) is 0 Å². The lowest BCUT2D eigenvalue weighted by Crippen LogP contribution is -1.88. The zero-order valence-electron chi connectivity index (χ0n) is 5.64. The van der Waals surface area contributed by atoms with E-state index in [4.69, 9.17) is 5.11 Å². The second-order valence-electron chi connectivity index (χ2n) is 2.20. The highest BCUT2D eigenvalue weighted by molar-refractivity contribution is 5.86. The van der Waals surface area contributed by atoms with Crippen molar-refractivity contribution in [1.82, 2.24) is 0 Å². The molecule has 0 saturated carbocycles. The topological polar surface area (TPSA) is 37.3 Å². The summed E-state index contributed by atoms with van der Waals surface area (Å²) in [6.07, 6.45) is 0.659. The van der Waals surface area contributed by atoms with Gasteiger partial charge in [-0.3, -0.25) is 0 Å². The molecule has 0 rings (SSSR count). The van der Waals surface area contributed by atoms with E-state index in [1.807, 2.05) is 19.8 Å². The highest BCUT2D eigenvalue weighted by Crippen LogP contribution is 1.95. The van der Waals surface area contributed by atoms with Gasteiger partial charge in [0.2, 0.25) is 0 Å². The fourth-order valence-corrected chi connectivity index (χ4v) is 0.331. The van der Waals surface area contributed by atoms with Gasteiger partial charge in [0.15, 0.2) is 0 Å². The van der Waals surface area contributed by atoms with Gasteiger partial charge in [-0.15, -0.1) is 0 Å². The Morgan fingerprint density at radius 2 is 2.22 bits per heavy atom. The van der Waals surface area contributed by atoms with Gasteiger partial charge in [0, 0.05) is 12.3 Å². The monoisotopic (exact) mass is 126 g/mol. The fraction of sp³-hybridized carbons (Fsp3) is 0.571. The summed E-state index contributed by atoms with van der Waals surface area (Å²) in [5.74, 6) is 3.99. The molecule has 0 saturated heterocycles. The third kappa shape index (κ3) is 7.03. The Morgan fingerprint density at radius 3 is 2.56 bits per heavy atom. The van der Waals surface area contributed by atoms with E-state index < -0.39 is 5.97 Å². The van der Waals surface area contributed by atoms with Crippen molar-refractivity contribution in [2.24, 2.45) is 5.92 Å². The van der Waals surface area contributed by atoms with Gasteiger partial charge in [0.25, 0.3) is 0 Å². The van der Waals surface area contributed by atoms with Crippen LogP contribution in [0.15, 0.2) is 0 Å². The van der Waals surface area contributed by atoms with Crippen LogP contribution >= 0.6 is 0 Å². The molecule has 50 valence electrons. The van der Waals surface area contributed by atoms with Gasteiger partial charge >= 0.3 is 5.97 Å². The van der Waals surface area contributed by atoms with Crippen molar-refractivity contribution in [3.8, 4) is 11.8 Å². The Hall–Kier alpha value is -0.970. The normalized spacial score (nSPS) is 8.33. The van der Waals surface area contributed by atoms with Crippen LogP contribution in [0.1, 0.15) is 20.3 Å². The average Bonchev–Trinajstić information content (AvgIpc) is 1.63. The molecule has 0 unspecified atom stereocenters. The summed E-state index contributed by atoms with van der Waals surface area (Å²) in [5, 5.41) is 8.05. The Balaban J connectivity index is 3.50. The lowest BCUT2D eigenvalue weighted by molar-refractivity contribution is -0.130. The maximum Gasteiger partial charge on any atom is 0.381 e. The first-order valence-electron chi connectivity index (χ1n) is 2.84. The number of hydrogen-bond donors (Lipinski definition) is 1. The largest absolute Gasteiger partial charge is 0.472 e. The van der Waals surface area contributed by atoms with Gasteiger partial charge in [-0.2, -0.15) is 0 Å². The molecule has 0 amide bonds. The molecule has 0 aromatic rings. The molecule has 0 aliphatic heterocycles. The third-order valence-corrected chi connectivity index (χ3v) is 0.706. The molecule has 9 heavy (non-hydrogen) atoms. The number of carbonyl (C=O) groups is 1. The van der Waals surface area contributed by atoms with Gasteiger partial charge in [-0.1, -0.05) is 19.8 Å². The van der Waals surface area contributed by atoms with E-state index in [0.29, 0.717) is 12.3 Å². The lowest BCUT2D eigenvalue weighted by Gasteiger charge is -1.91. The number of rotatable bonds is 1. The van der Waals surface area contributed by atoms with E-state index in [1.165, 1.54) is 0 Å². The van der Waals surface area contributed by atoms with Crippen molar-refractivity contribution in [2.75, 3.05) is 0 Å². The van der Waals surface area contributed by atoms with Crippen LogP contribution in [-0.4, -0.2) is 11.1 Å². The Bertz CT molecular complexity index is 148. The standard InChI is InChI=1S/C7H10O2/c1-6(2)4-3-5-7(8)9/h6H,4H2,1-2H3,(H,8,9). The van der Waals surface area contributed by atoms with Crippen LogP contribution in [0.5, 0.6) is 0 Å². The second kappa shape index (κ2) is 3.96. The van der Waals surface area contributed by atoms with Gasteiger partial charge in [0.1, 0.15) is 0 Å². The predicted octanol–water partition coefficient (Wildman–Crippen LogP) is 1.12. The first-order valence-corrected chi connectivity index (χ1v) is 2.84. The van der Waals surface area contributed by atoms with E-state index in [-0.39, 0.29) is 0 Å². The molecule has 2 heteroatoms. The van der Waals surface area contributed by atoms with Crippen LogP contribution in [0.3, 0.4) is 0 Å². The Morgan fingerprint density at radius 1 is 1.67 bits per heavy atom. The van der Waals surface area contributed by atoms with Crippen LogP contribution in [-0.2, 0) is 4.79 Å². The van der Waals surface area contributed by atoms with E-state index in [2.05, 4.69) is 5.92 Å². The molecular weight excluding hydrogens is 116 g/mol. The van der Waals surface area contributed by atoms with Gasteiger partial charge in [-0.05, 0) is 5.92 Å². The predicted molar refractivity (Wildman–Crippen MR) is 34.9 cm³/mol. The van der Waals surface area contributed by atoms with Gasteiger partial charge in [0.05, 0.1) is 0 Å². The maximum atomic E-state index is 9.81. The maximum absolute atomic E-state index is 9.81. The molecule has 2 nitrogen and oxygen atoms in total. The highest BCUT2D eigenvalue weighted by atomic mass is 16.4. The van der Waals surface area contributed by atoms with E-state index in [9.17, 15) is 4.79 Å². The number of hydrogen-bond acceptors (Lipinski definition) is 1. The molecule has 0 radical (unpaired) electrons. The molecule has 0 aliphatic rings. The van der Waals surface area contributed by atoms with Crippen molar-refractivity contribution < 1.29 is 9.90 Å². The molecule has 0 heterocycles. The van der Waals surface area contributed by atoms with E-state index in [0.717, 1.165) is 0 Å². The Labute approximate surface area is 54.9 Å². The molecule has 0 fully saturated rings. The summed E-state index contributed by atoms with van der Waals surface area (Å²) in [5.41, 5.74) is 0. The number of carboxylic acid groups (broad SMARTS) is 1. The lowest BCUT2D eigenvalue weighted by atomic mass is 10.1. The van der Waals surface area contributed by atoms with Crippen LogP contribution in [0.4, 0.5) is 0 Å². The highest BCUT2D eigenvalue weighted by Gasteiger charge is 1.87. The Kier molecular flexibility index (Phi) is 3.54. The summed E-state index contributed by atoms with van der Waals surface area (Å²) in [6.45, 7) is 3.99. The molecule has 0 aromatic heterocycles. The van der Waals surface area contributed by atoms with Crippen LogP contribution < -0.4 is 0 Å². The zero-order valence-corrected chi connectivity index (χ0v) is 5.64. The van der Waals surface area contributed by atoms with Gasteiger partial charge in [-0.25, -0.2) is 4.79 Å². The summed E-state index contributed by atoms with van der Waals surface area (Å²) >= 11 is 0.